The van der Waals surface area contributed by atoms with Crippen LogP contribution in [0.1, 0.15) is 49.7 Å². The summed E-state index contributed by atoms with van der Waals surface area (Å²) in [5.41, 5.74) is 5.81. The van der Waals surface area contributed by atoms with Crippen LogP contribution in [0.15, 0.2) is 4.52 Å². The number of hydrogen-bond acceptors (Lipinski definition) is 5. The van der Waals surface area contributed by atoms with Crippen molar-refractivity contribution in [3.63, 3.8) is 0 Å². The molecule has 1 aliphatic heterocycles. The molecule has 2 heterocycles. The summed E-state index contributed by atoms with van der Waals surface area (Å²) in [5.74, 6) is 1.85. The third-order valence-corrected chi connectivity index (χ3v) is 4.12. The van der Waals surface area contributed by atoms with Crippen LogP contribution in [-0.4, -0.2) is 29.9 Å². The summed E-state index contributed by atoms with van der Waals surface area (Å²) in [7, 11) is 0. The highest BCUT2D eigenvalue weighted by Crippen LogP contribution is 2.42. The predicted octanol–water partition coefficient (Wildman–Crippen LogP) is 1.34. The normalized spacial score (nSPS) is 27.7. The third kappa shape index (κ3) is 1.87. The lowest BCUT2D eigenvalue weighted by molar-refractivity contribution is 0.0773. The van der Waals surface area contributed by atoms with Crippen LogP contribution in [-0.2, 0) is 10.2 Å². The van der Waals surface area contributed by atoms with Crippen molar-refractivity contribution in [2.45, 2.75) is 43.4 Å². The van der Waals surface area contributed by atoms with Crippen molar-refractivity contribution in [2.75, 3.05) is 19.8 Å². The van der Waals surface area contributed by atoms with Crippen molar-refractivity contribution in [1.29, 1.82) is 0 Å². The van der Waals surface area contributed by atoms with E-state index in [0.717, 1.165) is 44.0 Å². The lowest BCUT2D eigenvalue weighted by Gasteiger charge is -2.36. The van der Waals surface area contributed by atoms with Gasteiger partial charge in [0.2, 0.25) is 5.89 Å². The number of rotatable bonds is 3. The molecule has 3 rings (SSSR count). The van der Waals surface area contributed by atoms with Gasteiger partial charge in [-0.15, -0.1) is 0 Å². The lowest BCUT2D eigenvalue weighted by atomic mass is 9.69. The molecule has 0 radical (unpaired) electrons. The summed E-state index contributed by atoms with van der Waals surface area (Å²) in [6.45, 7) is 2.18. The molecule has 1 saturated heterocycles. The molecule has 5 heteroatoms. The molecular formula is C12H19N3O2. The highest BCUT2D eigenvalue weighted by molar-refractivity contribution is 5.12. The summed E-state index contributed by atoms with van der Waals surface area (Å²) in [6, 6.07) is 0. The molecule has 17 heavy (non-hydrogen) atoms. The molecule has 1 atom stereocenters. The lowest BCUT2D eigenvalue weighted by Crippen LogP contribution is -2.41. The molecule has 0 amide bonds. The van der Waals surface area contributed by atoms with Gasteiger partial charge in [0, 0.05) is 19.1 Å². The van der Waals surface area contributed by atoms with Crippen LogP contribution in [0, 0.1) is 0 Å². The number of nitrogens with zero attached hydrogens (tertiary/aromatic N) is 2. The molecule has 5 nitrogen and oxygen atoms in total. The van der Waals surface area contributed by atoms with Crippen LogP contribution in [0.3, 0.4) is 0 Å². The fourth-order valence-electron chi connectivity index (χ4n) is 2.67. The van der Waals surface area contributed by atoms with E-state index in [1.54, 1.807) is 0 Å². The van der Waals surface area contributed by atoms with E-state index in [0.29, 0.717) is 19.1 Å². The molecule has 0 aromatic carbocycles. The highest BCUT2D eigenvalue weighted by atomic mass is 16.5. The minimum atomic E-state index is -0.0270. The van der Waals surface area contributed by atoms with Gasteiger partial charge in [-0.2, -0.15) is 4.98 Å². The zero-order valence-electron chi connectivity index (χ0n) is 10.0. The topological polar surface area (TPSA) is 74.2 Å². The number of hydrogen-bond donors (Lipinski definition) is 1. The maximum Gasteiger partial charge on any atom is 0.234 e. The second-order valence-corrected chi connectivity index (χ2v) is 5.21. The summed E-state index contributed by atoms with van der Waals surface area (Å²) in [5, 5.41) is 4.11. The fraction of sp³-hybridized carbons (Fsp3) is 0.833. The summed E-state index contributed by atoms with van der Waals surface area (Å²) in [4.78, 5) is 4.56. The fourth-order valence-corrected chi connectivity index (χ4v) is 2.67. The Kier molecular flexibility index (Phi) is 2.88. The second-order valence-electron chi connectivity index (χ2n) is 5.21. The van der Waals surface area contributed by atoms with E-state index in [1.165, 1.54) is 6.42 Å². The molecule has 1 aromatic rings. The van der Waals surface area contributed by atoms with Gasteiger partial charge in [-0.3, -0.25) is 0 Å². The average Bonchev–Trinajstić information content (AvgIpc) is 2.80. The average molecular weight is 237 g/mol. The molecule has 1 aromatic heterocycles. The van der Waals surface area contributed by atoms with Crippen LogP contribution in [0.4, 0.5) is 0 Å². The first-order chi connectivity index (χ1) is 8.34. The van der Waals surface area contributed by atoms with Gasteiger partial charge in [0.15, 0.2) is 5.82 Å². The molecule has 94 valence electrons. The Bertz CT molecular complexity index is 375. The Labute approximate surface area is 101 Å². The van der Waals surface area contributed by atoms with Crippen molar-refractivity contribution in [3.05, 3.63) is 11.7 Å². The molecule has 2 aliphatic rings. The van der Waals surface area contributed by atoms with Crippen molar-refractivity contribution in [2.24, 2.45) is 5.73 Å². The standard InChI is InChI=1S/C12H19N3O2/c13-8-12(4-2-5-12)11-14-10(15-17-11)9-3-1-6-16-7-9/h9H,1-8,13H2. The second kappa shape index (κ2) is 4.38. The van der Waals surface area contributed by atoms with Crippen LogP contribution < -0.4 is 5.73 Å². The number of ether oxygens (including phenoxy) is 1. The largest absolute Gasteiger partial charge is 0.381 e. The van der Waals surface area contributed by atoms with Crippen molar-refractivity contribution in [3.8, 4) is 0 Å². The van der Waals surface area contributed by atoms with Gasteiger partial charge in [0.1, 0.15) is 0 Å². The maximum absolute atomic E-state index is 5.84. The van der Waals surface area contributed by atoms with Crippen LogP contribution in [0.2, 0.25) is 0 Å². The van der Waals surface area contributed by atoms with Gasteiger partial charge in [-0.1, -0.05) is 11.6 Å². The zero-order chi connectivity index (χ0) is 11.7. The smallest absolute Gasteiger partial charge is 0.234 e. The van der Waals surface area contributed by atoms with Crippen LogP contribution in [0.25, 0.3) is 0 Å². The summed E-state index contributed by atoms with van der Waals surface area (Å²) >= 11 is 0. The Morgan fingerprint density at radius 3 is 2.82 bits per heavy atom. The summed E-state index contributed by atoms with van der Waals surface area (Å²) < 4.78 is 10.9. The summed E-state index contributed by atoms with van der Waals surface area (Å²) in [6.07, 6.45) is 5.53. The van der Waals surface area contributed by atoms with E-state index in [4.69, 9.17) is 15.0 Å². The van der Waals surface area contributed by atoms with E-state index in [-0.39, 0.29) is 5.41 Å². The van der Waals surface area contributed by atoms with Gasteiger partial charge in [0.05, 0.1) is 12.0 Å². The van der Waals surface area contributed by atoms with Gasteiger partial charge < -0.3 is 15.0 Å². The van der Waals surface area contributed by atoms with Gasteiger partial charge in [-0.05, 0) is 25.7 Å². The molecule has 1 aliphatic carbocycles. The Balaban J connectivity index is 1.77. The van der Waals surface area contributed by atoms with E-state index in [1.807, 2.05) is 0 Å². The Morgan fingerprint density at radius 1 is 1.35 bits per heavy atom. The molecule has 2 fully saturated rings. The monoisotopic (exact) mass is 237 g/mol. The van der Waals surface area contributed by atoms with Crippen molar-refractivity contribution >= 4 is 0 Å². The van der Waals surface area contributed by atoms with E-state index < -0.39 is 0 Å². The van der Waals surface area contributed by atoms with Gasteiger partial charge in [0.25, 0.3) is 0 Å². The van der Waals surface area contributed by atoms with Gasteiger partial charge >= 0.3 is 0 Å². The maximum atomic E-state index is 5.84. The predicted molar refractivity (Wildman–Crippen MR) is 61.7 cm³/mol. The molecule has 0 bridgehead atoms. The Morgan fingerprint density at radius 2 is 2.24 bits per heavy atom. The molecule has 1 unspecified atom stereocenters. The van der Waals surface area contributed by atoms with Gasteiger partial charge in [-0.25, -0.2) is 0 Å². The quantitative estimate of drug-likeness (QED) is 0.858. The molecule has 2 N–H and O–H groups in total. The van der Waals surface area contributed by atoms with Crippen LogP contribution >= 0.6 is 0 Å². The number of aromatic nitrogens is 2. The minimum Gasteiger partial charge on any atom is -0.381 e. The van der Waals surface area contributed by atoms with E-state index in [2.05, 4.69) is 10.1 Å². The van der Waals surface area contributed by atoms with Crippen molar-refractivity contribution in [1.82, 2.24) is 10.1 Å². The minimum absolute atomic E-state index is 0.0270. The van der Waals surface area contributed by atoms with E-state index in [9.17, 15) is 0 Å². The zero-order valence-corrected chi connectivity index (χ0v) is 10.0. The first-order valence-corrected chi connectivity index (χ1v) is 6.46. The van der Waals surface area contributed by atoms with E-state index >= 15 is 0 Å². The third-order valence-electron chi connectivity index (χ3n) is 4.12. The van der Waals surface area contributed by atoms with Crippen molar-refractivity contribution < 1.29 is 9.26 Å². The molecule has 0 spiro atoms. The molecule has 1 saturated carbocycles. The molecular weight excluding hydrogens is 218 g/mol. The van der Waals surface area contributed by atoms with Crippen LogP contribution in [0.5, 0.6) is 0 Å². The SMILES string of the molecule is NCC1(c2nc(C3CCCOC3)no2)CCC1. The first-order valence-electron chi connectivity index (χ1n) is 6.46. The first kappa shape index (κ1) is 11.2. The highest BCUT2D eigenvalue weighted by Gasteiger charge is 2.43. The Hall–Kier alpha value is -0.940. The number of nitrogens with two attached hydrogens (primary N) is 1.